The van der Waals surface area contributed by atoms with Crippen LogP contribution < -0.4 is 4.74 Å². The van der Waals surface area contributed by atoms with Crippen molar-refractivity contribution in [2.24, 2.45) is 11.8 Å². The maximum atomic E-state index is 13.5. The van der Waals surface area contributed by atoms with Crippen LogP contribution in [0.25, 0.3) is 11.0 Å². The predicted octanol–water partition coefficient (Wildman–Crippen LogP) is 3.93. The van der Waals surface area contributed by atoms with Gasteiger partial charge in [0.1, 0.15) is 11.3 Å². The lowest BCUT2D eigenvalue weighted by atomic mass is 9.92. The summed E-state index contributed by atoms with van der Waals surface area (Å²) in [6.45, 7) is 2.34. The molecule has 5 rings (SSSR count). The molecule has 2 aliphatic rings. The van der Waals surface area contributed by atoms with E-state index in [1.54, 1.807) is 23.1 Å². The molecule has 196 valence electrons. The lowest BCUT2D eigenvalue weighted by molar-refractivity contribution is -0.139. The third-order valence-electron chi connectivity index (χ3n) is 7.56. The number of carbonyl (C=O) groups is 2. The fourth-order valence-electron chi connectivity index (χ4n) is 5.48. The molecular formula is C26H28F3N5O3. The van der Waals surface area contributed by atoms with Gasteiger partial charge in [-0.25, -0.2) is 0 Å². The molecule has 1 aromatic heterocycles. The highest BCUT2D eigenvalue weighted by molar-refractivity contribution is 5.97. The zero-order valence-corrected chi connectivity index (χ0v) is 20.4. The number of nitrogens with zero attached hydrogens (tertiary/aromatic N) is 4. The number of halogens is 3. The Kier molecular flexibility index (Phi) is 6.78. The number of methoxy groups -OCH3 is 1. The lowest BCUT2D eigenvalue weighted by Gasteiger charge is -2.23. The molecule has 0 radical (unpaired) electrons. The van der Waals surface area contributed by atoms with Crippen molar-refractivity contribution in [1.82, 2.24) is 25.2 Å². The zero-order chi connectivity index (χ0) is 26.2. The van der Waals surface area contributed by atoms with Gasteiger partial charge in [-0.05, 0) is 67.0 Å². The lowest BCUT2D eigenvalue weighted by Crippen LogP contribution is -2.34. The number of fused-ring (bicyclic) bond motifs is 2. The van der Waals surface area contributed by atoms with Crippen molar-refractivity contribution in [2.45, 2.75) is 31.9 Å². The molecule has 0 saturated carbocycles. The maximum absolute atomic E-state index is 13.5. The molecule has 1 N–H and O–H groups in total. The Morgan fingerprint density at radius 3 is 2.46 bits per heavy atom. The van der Waals surface area contributed by atoms with Gasteiger partial charge in [-0.3, -0.25) is 14.7 Å². The average Bonchev–Trinajstić information content (AvgIpc) is 3.48. The summed E-state index contributed by atoms with van der Waals surface area (Å²) in [5, 5.41) is 10.5. The second-order valence-corrected chi connectivity index (χ2v) is 9.75. The number of rotatable bonds is 5. The van der Waals surface area contributed by atoms with Crippen molar-refractivity contribution >= 4 is 22.8 Å². The quantitative estimate of drug-likeness (QED) is 0.556. The minimum Gasteiger partial charge on any atom is -0.497 e. The van der Waals surface area contributed by atoms with Gasteiger partial charge in [0.05, 0.1) is 18.2 Å². The molecular weight excluding hydrogens is 487 g/mol. The molecule has 37 heavy (non-hydrogen) atoms. The van der Waals surface area contributed by atoms with Gasteiger partial charge in [0, 0.05) is 38.2 Å². The van der Waals surface area contributed by atoms with Gasteiger partial charge in [0.15, 0.2) is 0 Å². The molecule has 0 aliphatic carbocycles. The number of hydrogen-bond acceptors (Lipinski definition) is 5. The highest BCUT2D eigenvalue weighted by atomic mass is 19.4. The Morgan fingerprint density at radius 2 is 1.78 bits per heavy atom. The molecule has 8 nitrogen and oxygen atoms in total. The Labute approximate surface area is 211 Å². The van der Waals surface area contributed by atoms with Crippen LogP contribution in [0, 0.1) is 11.8 Å². The van der Waals surface area contributed by atoms with Crippen LogP contribution in [-0.4, -0.2) is 70.3 Å². The molecule has 2 aromatic carbocycles. The third-order valence-corrected chi connectivity index (χ3v) is 7.56. The van der Waals surface area contributed by atoms with Crippen molar-refractivity contribution in [1.29, 1.82) is 0 Å². The van der Waals surface area contributed by atoms with Crippen LogP contribution in [0.1, 0.15) is 40.7 Å². The Hall–Kier alpha value is -3.63. The van der Waals surface area contributed by atoms with E-state index in [-0.39, 0.29) is 47.8 Å². The van der Waals surface area contributed by atoms with Gasteiger partial charge in [-0.1, -0.05) is 11.3 Å². The first-order chi connectivity index (χ1) is 17.7. The summed E-state index contributed by atoms with van der Waals surface area (Å²) in [5.74, 6) is 0.531. The Bertz CT molecular complexity index is 1290. The van der Waals surface area contributed by atoms with E-state index >= 15 is 0 Å². The van der Waals surface area contributed by atoms with Crippen molar-refractivity contribution < 1.29 is 27.5 Å². The smallest absolute Gasteiger partial charge is 0.416 e. The molecule has 2 amide bonds. The number of aromatic amines is 1. The van der Waals surface area contributed by atoms with Crippen molar-refractivity contribution in [2.75, 3.05) is 33.3 Å². The highest BCUT2D eigenvalue weighted by Crippen LogP contribution is 2.36. The number of nitrogens with one attached hydrogen (secondary N) is 1. The van der Waals surface area contributed by atoms with E-state index in [1.807, 2.05) is 4.90 Å². The summed E-state index contributed by atoms with van der Waals surface area (Å²) in [6.07, 6.45) is -2.96. The molecule has 2 atom stereocenters. The SMILES string of the molecule is COc1ccc(CCC(=O)N2CC[C@@H]3CN(C(=O)c4ccc5[nH]nnc5c4)C[C@@H]3CC2)c(C(F)(F)F)c1. The molecule has 2 saturated heterocycles. The first-order valence-corrected chi connectivity index (χ1v) is 12.3. The molecule has 3 heterocycles. The minimum atomic E-state index is -4.52. The second kappa shape index (κ2) is 10.0. The number of hydrogen-bond donors (Lipinski definition) is 1. The number of carbonyl (C=O) groups excluding carboxylic acids is 2. The normalized spacial score (nSPS) is 20.1. The first kappa shape index (κ1) is 25.0. The Balaban J connectivity index is 1.17. The van der Waals surface area contributed by atoms with Crippen LogP contribution in [0.4, 0.5) is 13.2 Å². The zero-order valence-electron chi connectivity index (χ0n) is 20.4. The largest absolute Gasteiger partial charge is 0.497 e. The van der Waals surface area contributed by atoms with Crippen LogP contribution in [-0.2, 0) is 17.4 Å². The fourth-order valence-corrected chi connectivity index (χ4v) is 5.48. The summed E-state index contributed by atoms with van der Waals surface area (Å²) in [4.78, 5) is 29.6. The number of aryl methyl sites for hydroxylation is 1. The summed E-state index contributed by atoms with van der Waals surface area (Å²) < 4.78 is 45.4. The van der Waals surface area contributed by atoms with E-state index < -0.39 is 11.7 Å². The first-order valence-electron chi connectivity index (χ1n) is 12.3. The standard InChI is InChI=1S/C26H28F3N5O3/c1-37-20-5-2-16(21(13-20)26(27,28)29)4-7-24(35)33-10-8-18-14-34(15-19(18)9-11-33)25(36)17-3-6-22-23(12-17)31-32-30-22/h2-3,5-6,12-13,18-19H,4,7-11,14-15H2,1H3,(H,30,31,32)/t18-,19+. The number of alkyl halides is 3. The van der Waals surface area contributed by atoms with Crippen LogP contribution in [0.15, 0.2) is 36.4 Å². The minimum absolute atomic E-state index is 0.0131. The summed E-state index contributed by atoms with van der Waals surface area (Å²) in [7, 11) is 1.32. The fraction of sp³-hybridized carbons (Fsp3) is 0.462. The van der Waals surface area contributed by atoms with Gasteiger partial charge in [-0.15, -0.1) is 5.10 Å². The Morgan fingerprint density at radius 1 is 1.05 bits per heavy atom. The third kappa shape index (κ3) is 5.26. The molecule has 0 bridgehead atoms. The van der Waals surface area contributed by atoms with Crippen LogP contribution >= 0.6 is 0 Å². The molecule has 0 unspecified atom stereocenters. The van der Waals surface area contributed by atoms with E-state index in [0.717, 1.165) is 24.4 Å². The number of H-pyrrole nitrogens is 1. The van der Waals surface area contributed by atoms with Crippen molar-refractivity contribution in [3.63, 3.8) is 0 Å². The summed E-state index contributed by atoms with van der Waals surface area (Å²) in [5.41, 5.74) is 1.31. The van der Waals surface area contributed by atoms with Gasteiger partial charge in [0.2, 0.25) is 5.91 Å². The molecule has 2 fully saturated rings. The number of amides is 2. The monoisotopic (exact) mass is 515 g/mol. The number of likely N-dealkylation sites (tertiary alicyclic amines) is 2. The highest BCUT2D eigenvalue weighted by Gasteiger charge is 2.38. The summed E-state index contributed by atoms with van der Waals surface area (Å²) >= 11 is 0. The number of ether oxygens (including phenoxy) is 1. The molecule has 2 aliphatic heterocycles. The molecule has 11 heteroatoms. The molecule has 3 aromatic rings. The van der Waals surface area contributed by atoms with Gasteiger partial charge in [0.25, 0.3) is 5.91 Å². The van der Waals surface area contributed by atoms with Crippen LogP contribution in [0.3, 0.4) is 0 Å². The topological polar surface area (TPSA) is 91.4 Å². The second-order valence-electron chi connectivity index (χ2n) is 9.75. The van der Waals surface area contributed by atoms with E-state index in [2.05, 4.69) is 15.4 Å². The van der Waals surface area contributed by atoms with Gasteiger partial charge < -0.3 is 14.5 Å². The number of aromatic nitrogens is 3. The van der Waals surface area contributed by atoms with Crippen molar-refractivity contribution in [3.05, 3.63) is 53.1 Å². The van der Waals surface area contributed by atoms with Crippen LogP contribution in [0.5, 0.6) is 5.75 Å². The maximum Gasteiger partial charge on any atom is 0.416 e. The van der Waals surface area contributed by atoms with E-state index in [9.17, 15) is 22.8 Å². The number of benzene rings is 2. The van der Waals surface area contributed by atoms with E-state index in [0.29, 0.717) is 37.3 Å². The molecule has 0 spiro atoms. The van der Waals surface area contributed by atoms with E-state index in [4.69, 9.17) is 4.74 Å². The average molecular weight is 516 g/mol. The summed E-state index contributed by atoms with van der Waals surface area (Å²) in [6, 6.07) is 9.15. The van der Waals surface area contributed by atoms with Crippen LogP contribution in [0.2, 0.25) is 0 Å². The van der Waals surface area contributed by atoms with E-state index in [1.165, 1.54) is 19.2 Å². The van der Waals surface area contributed by atoms with Gasteiger partial charge >= 0.3 is 6.18 Å². The predicted molar refractivity (Wildman–Crippen MR) is 129 cm³/mol. The van der Waals surface area contributed by atoms with Crippen molar-refractivity contribution in [3.8, 4) is 5.75 Å². The van der Waals surface area contributed by atoms with Gasteiger partial charge in [-0.2, -0.15) is 13.2 Å².